The molecule has 1 atom stereocenters. The lowest BCUT2D eigenvalue weighted by Crippen LogP contribution is -2.29. The molecule has 0 bridgehead atoms. The molecular weight excluding hydrogens is 452 g/mol. The number of carbonyl (C=O) groups excluding carboxylic acids is 2. The first-order valence-electron chi connectivity index (χ1n) is 10.7. The van der Waals surface area contributed by atoms with Crippen molar-refractivity contribution in [3.63, 3.8) is 0 Å². The first-order chi connectivity index (χ1) is 16.4. The van der Waals surface area contributed by atoms with E-state index in [4.69, 9.17) is 11.6 Å². The number of aliphatic hydroxyl groups excluding tert-OH is 1. The highest BCUT2D eigenvalue weighted by atomic mass is 35.5. The standard InChI is InChI=1S/C26H21ClN4O3/c1-15-6-5-11-30-16(2)21(29-25(15)30)23(32)20-22(18-8-3-9-19(27)12-18)31(26(34)24(20)33)14-17-7-4-10-28-13-17/h3-13,22,32H,14H2,1-2H3. The number of nitrogens with zero attached hydrogens (tertiary/aromatic N) is 4. The molecule has 7 nitrogen and oxygen atoms in total. The molecule has 0 spiro atoms. The Hall–Kier alpha value is -3.97. The zero-order chi connectivity index (χ0) is 24.0. The van der Waals surface area contributed by atoms with E-state index >= 15 is 0 Å². The van der Waals surface area contributed by atoms with Gasteiger partial charge in [0.25, 0.3) is 11.7 Å². The molecule has 0 radical (unpaired) electrons. The van der Waals surface area contributed by atoms with Crippen LogP contribution in [0.1, 0.15) is 34.1 Å². The number of carbonyl (C=O) groups is 2. The molecule has 0 aliphatic carbocycles. The van der Waals surface area contributed by atoms with Gasteiger partial charge >= 0.3 is 0 Å². The zero-order valence-electron chi connectivity index (χ0n) is 18.6. The first-order valence-corrected chi connectivity index (χ1v) is 11.1. The number of aromatic nitrogens is 3. The zero-order valence-corrected chi connectivity index (χ0v) is 19.3. The molecule has 1 amide bonds. The van der Waals surface area contributed by atoms with Crippen LogP contribution >= 0.6 is 11.6 Å². The smallest absolute Gasteiger partial charge is 0.295 e. The van der Waals surface area contributed by atoms with E-state index < -0.39 is 17.7 Å². The normalized spacial score (nSPS) is 17.6. The number of aliphatic hydroxyl groups is 1. The second-order valence-corrected chi connectivity index (χ2v) is 8.71. The lowest BCUT2D eigenvalue weighted by molar-refractivity contribution is -0.140. The minimum atomic E-state index is -0.829. The quantitative estimate of drug-likeness (QED) is 0.266. The summed E-state index contributed by atoms with van der Waals surface area (Å²) >= 11 is 6.25. The summed E-state index contributed by atoms with van der Waals surface area (Å²) in [7, 11) is 0. The summed E-state index contributed by atoms with van der Waals surface area (Å²) in [6.45, 7) is 3.88. The van der Waals surface area contributed by atoms with Gasteiger partial charge in [-0.2, -0.15) is 0 Å². The molecule has 3 aromatic heterocycles. The molecule has 34 heavy (non-hydrogen) atoms. The summed E-state index contributed by atoms with van der Waals surface area (Å²) in [4.78, 5) is 36.6. The van der Waals surface area contributed by atoms with E-state index in [1.807, 2.05) is 42.6 Å². The number of halogens is 1. The van der Waals surface area contributed by atoms with E-state index in [9.17, 15) is 14.7 Å². The Balaban J connectivity index is 1.72. The van der Waals surface area contributed by atoms with E-state index in [0.717, 1.165) is 11.1 Å². The Kier molecular flexibility index (Phi) is 5.42. The molecule has 1 saturated heterocycles. The number of benzene rings is 1. The highest BCUT2D eigenvalue weighted by molar-refractivity contribution is 6.46. The SMILES string of the molecule is Cc1cccn2c(C)c(C(O)=C3C(=O)C(=O)N(Cc4cccnc4)C3c3cccc(Cl)c3)nc12. The molecule has 5 rings (SSSR count). The number of imidazole rings is 1. The number of pyridine rings is 2. The molecule has 1 fully saturated rings. The number of rotatable bonds is 4. The first kappa shape index (κ1) is 21.9. The number of fused-ring (bicyclic) bond motifs is 1. The van der Waals surface area contributed by atoms with Gasteiger partial charge in [0.15, 0.2) is 5.76 Å². The fourth-order valence-corrected chi connectivity index (χ4v) is 4.63. The predicted molar refractivity (Wildman–Crippen MR) is 128 cm³/mol. The van der Waals surface area contributed by atoms with Crippen molar-refractivity contribution in [3.05, 3.63) is 106 Å². The Morgan fingerprint density at radius 1 is 1.12 bits per heavy atom. The van der Waals surface area contributed by atoms with Gasteiger partial charge in [-0.15, -0.1) is 0 Å². The average Bonchev–Trinajstić information content (AvgIpc) is 3.30. The second-order valence-electron chi connectivity index (χ2n) is 8.27. The number of likely N-dealkylation sites (tertiary alicyclic amines) is 1. The highest BCUT2D eigenvalue weighted by Gasteiger charge is 2.46. The third kappa shape index (κ3) is 3.54. The van der Waals surface area contributed by atoms with Gasteiger partial charge in [0.05, 0.1) is 17.3 Å². The van der Waals surface area contributed by atoms with Gasteiger partial charge in [0.2, 0.25) is 0 Å². The number of Topliss-reactive ketones (excluding diaryl/α,β-unsaturated/α-hetero) is 1. The lowest BCUT2D eigenvalue weighted by atomic mass is 9.96. The lowest BCUT2D eigenvalue weighted by Gasteiger charge is -2.25. The van der Waals surface area contributed by atoms with Crippen molar-refractivity contribution in [2.75, 3.05) is 0 Å². The third-order valence-electron chi connectivity index (χ3n) is 6.09. The van der Waals surface area contributed by atoms with Crippen LogP contribution in [0.25, 0.3) is 11.4 Å². The van der Waals surface area contributed by atoms with Gasteiger partial charge in [-0.3, -0.25) is 14.6 Å². The van der Waals surface area contributed by atoms with Gasteiger partial charge in [-0.25, -0.2) is 4.98 Å². The van der Waals surface area contributed by atoms with Crippen molar-refractivity contribution < 1.29 is 14.7 Å². The maximum atomic E-state index is 13.3. The van der Waals surface area contributed by atoms with Gasteiger partial charge in [-0.05, 0) is 54.8 Å². The van der Waals surface area contributed by atoms with Gasteiger partial charge in [0.1, 0.15) is 11.3 Å². The molecule has 4 aromatic rings. The summed E-state index contributed by atoms with van der Waals surface area (Å²) in [5.74, 6) is -1.77. The van der Waals surface area contributed by atoms with Crippen LogP contribution in [-0.2, 0) is 16.1 Å². The molecule has 170 valence electrons. The van der Waals surface area contributed by atoms with Crippen molar-refractivity contribution in [3.8, 4) is 0 Å². The number of hydrogen-bond donors (Lipinski definition) is 1. The largest absolute Gasteiger partial charge is 0.505 e. The second kappa shape index (κ2) is 8.43. The Morgan fingerprint density at radius 3 is 2.65 bits per heavy atom. The van der Waals surface area contributed by atoms with Crippen molar-refractivity contribution >= 4 is 34.7 Å². The van der Waals surface area contributed by atoms with Crippen molar-refractivity contribution in [1.29, 1.82) is 0 Å². The summed E-state index contributed by atoms with van der Waals surface area (Å²) in [6, 6.07) is 13.5. The van der Waals surface area contributed by atoms with E-state index in [1.54, 1.807) is 42.7 Å². The maximum absolute atomic E-state index is 13.3. The van der Waals surface area contributed by atoms with Crippen molar-refractivity contribution in [2.24, 2.45) is 0 Å². The van der Waals surface area contributed by atoms with E-state index in [0.29, 0.717) is 21.9 Å². The Bertz CT molecular complexity index is 1480. The Labute approximate surface area is 201 Å². The number of ketones is 1. The molecule has 1 aliphatic rings. The van der Waals surface area contributed by atoms with Crippen LogP contribution in [0.5, 0.6) is 0 Å². The van der Waals surface area contributed by atoms with Crippen LogP contribution < -0.4 is 0 Å². The number of amides is 1. The maximum Gasteiger partial charge on any atom is 0.295 e. The minimum absolute atomic E-state index is 0.0136. The molecule has 1 unspecified atom stereocenters. The molecule has 0 saturated carbocycles. The summed E-state index contributed by atoms with van der Waals surface area (Å²) < 4.78 is 1.85. The molecular formula is C26H21ClN4O3. The third-order valence-corrected chi connectivity index (χ3v) is 6.32. The summed E-state index contributed by atoms with van der Waals surface area (Å²) in [6.07, 6.45) is 5.13. The fourth-order valence-electron chi connectivity index (χ4n) is 4.43. The van der Waals surface area contributed by atoms with Crippen molar-refractivity contribution in [1.82, 2.24) is 19.3 Å². The number of aryl methyl sites for hydroxylation is 2. The Morgan fingerprint density at radius 2 is 1.94 bits per heavy atom. The molecule has 1 aliphatic heterocycles. The van der Waals surface area contributed by atoms with Gasteiger partial charge in [0, 0.05) is 30.2 Å². The molecule has 4 heterocycles. The predicted octanol–water partition coefficient (Wildman–Crippen LogP) is 4.62. The number of hydrogen-bond acceptors (Lipinski definition) is 5. The molecule has 1 aromatic carbocycles. The van der Waals surface area contributed by atoms with Crippen LogP contribution in [0.2, 0.25) is 5.02 Å². The van der Waals surface area contributed by atoms with E-state index in [1.165, 1.54) is 4.90 Å². The highest BCUT2D eigenvalue weighted by Crippen LogP contribution is 2.41. The molecule has 1 N–H and O–H groups in total. The van der Waals surface area contributed by atoms with Crippen LogP contribution in [-0.4, -0.2) is 36.1 Å². The van der Waals surface area contributed by atoms with Crippen LogP contribution in [0.3, 0.4) is 0 Å². The minimum Gasteiger partial charge on any atom is -0.505 e. The van der Waals surface area contributed by atoms with Crippen LogP contribution in [0, 0.1) is 13.8 Å². The average molecular weight is 473 g/mol. The van der Waals surface area contributed by atoms with E-state index in [-0.39, 0.29) is 23.6 Å². The topological polar surface area (TPSA) is 87.8 Å². The van der Waals surface area contributed by atoms with Gasteiger partial charge in [-0.1, -0.05) is 35.9 Å². The monoisotopic (exact) mass is 472 g/mol. The summed E-state index contributed by atoms with van der Waals surface area (Å²) in [5, 5.41) is 11.9. The molecule has 8 heteroatoms. The summed E-state index contributed by atoms with van der Waals surface area (Å²) in [5.41, 5.74) is 3.89. The fraction of sp³-hybridized carbons (Fsp3) is 0.154. The van der Waals surface area contributed by atoms with Crippen molar-refractivity contribution in [2.45, 2.75) is 26.4 Å². The van der Waals surface area contributed by atoms with E-state index in [2.05, 4.69) is 9.97 Å². The van der Waals surface area contributed by atoms with Crippen LogP contribution in [0.15, 0.2) is 72.7 Å². The van der Waals surface area contributed by atoms with Gasteiger partial charge < -0.3 is 14.4 Å². The van der Waals surface area contributed by atoms with Crippen LogP contribution in [0.4, 0.5) is 0 Å².